The number of aromatic nitrogens is 2. The van der Waals surface area contributed by atoms with Gasteiger partial charge >= 0.3 is 0 Å². The van der Waals surface area contributed by atoms with Gasteiger partial charge in [0, 0.05) is 16.1 Å². The number of hydrogen-bond donors (Lipinski definition) is 1. The Morgan fingerprint density at radius 2 is 1.90 bits per heavy atom. The highest BCUT2D eigenvalue weighted by Gasteiger charge is 2.24. The monoisotopic (exact) mass is 417 g/mol. The molecule has 0 spiro atoms. The average molecular weight is 418 g/mol. The predicted molar refractivity (Wildman–Crippen MR) is 123 cm³/mol. The molecule has 0 saturated carbocycles. The van der Waals surface area contributed by atoms with Crippen molar-refractivity contribution in [2.24, 2.45) is 0 Å². The maximum atomic E-state index is 13.5. The largest absolute Gasteiger partial charge is 0.324 e. The van der Waals surface area contributed by atoms with Crippen LogP contribution < -0.4 is 10.9 Å². The van der Waals surface area contributed by atoms with E-state index in [1.165, 1.54) is 22.2 Å². The Kier molecular flexibility index (Phi) is 5.50. The predicted octanol–water partition coefficient (Wildman–Crippen LogP) is 5.33. The molecule has 0 fully saturated rings. The lowest BCUT2D eigenvalue weighted by Crippen LogP contribution is -2.33. The lowest BCUT2D eigenvalue weighted by atomic mass is 10.0. The van der Waals surface area contributed by atoms with Crippen molar-refractivity contribution in [2.45, 2.75) is 33.2 Å². The number of carbonyl (C=O) groups is 1. The van der Waals surface area contributed by atoms with Crippen LogP contribution in [-0.4, -0.2) is 15.5 Å². The molecule has 0 aliphatic heterocycles. The van der Waals surface area contributed by atoms with E-state index in [-0.39, 0.29) is 11.5 Å². The van der Waals surface area contributed by atoms with E-state index in [9.17, 15) is 9.59 Å². The summed E-state index contributed by atoms with van der Waals surface area (Å²) < 4.78 is 1.46. The van der Waals surface area contributed by atoms with Crippen LogP contribution in [0.5, 0.6) is 0 Å². The van der Waals surface area contributed by atoms with E-state index in [0.29, 0.717) is 16.6 Å². The van der Waals surface area contributed by atoms with E-state index >= 15 is 0 Å². The third-order valence-corrected chi connectivity index (χ3v) is 6.20. The van der Waals surface area contributed by atoms with Crippen LogP contribution in [0.1, 0.15) is 29.8 Å². The third kappa shape index (κ3) is 3.66. The summed E-state index contributed by atoms with van der Waals surface area (Å²) in [4.78, 5) is 32.8. The fourth-order valence-electron chi connectivity index (χ4n) is 3.75. The van der Waals surface area contributed by atoms with Gasteiger partial charge in [0.15, 0.2) is 0 Å². The fraction of sp³-hybridized carbons (Fsp3) is 0.208. The number of aryl methyl sites for hydroxylation is 2. The second-order valence-electron chi connectivity index (χ2n) is 7.32. The zero-order valence-electron chi connectivity index (χ0n) is 17.2. The molecule has 0 saturated heterocycles. The molecule has 1 N–H and O–H groups in total. The van der Waals surface area contributed by atoms with Crippen LogP contribution in [-0.2, 0) is 4.79 Å². The first-order valence-electron chi connectivity index (χ1n) is 9.92. The Hall–Kier alpha value is -3.25. The van der Waals surface area contributed by atoms with Crippen molar-refractivity contribution >= 4 is 33.1 Å². The second kappa shape index (κ2) is 8.24. The maximum Gasteiger partial charge on any atom is 0.263 e. The summed E-state index contributed by atoms with van der Waals surface area (Å²) in [5.74, 6) is -0.223. The van der Waals surface area contributed by atoms with Crippen LogP contribution in [0.15, 0.2) is 65.7 Å². The number of benzene rings is 2. The molecular weight excluding hydrogens is 394 g/mol. The summed E-state index contributed by atoms with van der Waals surface area (Å²) in [5.41, 5.74) is 3.47. The second-order valence-corrected chi connectivity index (χ2v) is 8.52. The minimum Gasteiger partial charge on any atom is -0.324 e. The van der Waals surface area contributed by atoms with Gasteiger partial charge in [0.1, 0.15) is 10.9 Å². The summed E-state index contributed by atoms with van der Waals surface area (Å²) in [5, 5.41) is 3.51. The van der Waals surface area contributed by atoms with Crippen LogP contribution >= 0.6 is 11.3 Å². The number of rotatable bonds is 5. The zero-order chi connectivity index (χ0) is 21.3. The SMILES string of the molecule is CCC(C(=O)Nc1cccc(C)c1)n1cnc2sc(C)c(-c3ccccc3)c2c1=O. The summed E-state index contributed by atoms with van der Waals surface area (Å²) in [6.07, 6.45) is 1.98. The molecular formula is C24H23N3O2S. The molecule has 5 nitrogen and oxygen atoms in total. The Bertz CT molecular complexity index is 1270. The number of nitrogens with zero attached hydrogens (tertiary/aromatic N) is 2. The van der Waals surface area contributed by atoms with Gasteiger partial charge in [-0.15, -0.1) is 11.3 Å². The molecule has 6 heteroatoms. The van der Waals surface area contributed by atoms with Gasteiger partial charge in [-0.1, -0.05) is 49.4 Å². The molecule has 0 aliphatic carbocycles. The van der Waals surface area contributed by atoms with Crippen molar-refractivity contribution in [3.8, 4) is 11.1 Å². The van der Waals surface area contributed by atoms with E-state index in [0.717, 1.165) is 27.3 Å². The van der Waals surface area contributed by atoms with E-state index in [1.807, 2.05) is 75.4 Å². The first-order chi connectivity index (χ1) is 14.5. The molecule has 0 aliphatic rings. The smallest absolute Gasteiger partial charge is 0.263 e. The first-order valence-corrected chi connectivity index (χ1v) is 10.7. The molecule has 2 aromatic carbocycles. The highest BCUT2D eigenvalue weighted by molar-refractivity contribution is 7.19. The van der Waals surface area contributed by atoms with Crippen molar-refractivity contribution < 1.29 is 4.79 Å². The third-order valence-electron chi connectivity index (χ3n) is 5.19. The molecule has 1 unspecified atom stereocenters. The van der Waals surface area contributed by atoms with Crippen molar-refractivity contribution in [1.82, 2.24) is 9.55 Å². The Balaban J connectivity index is 1.79. The first kappa shape index (κ1) is 20.0. The number of amides is 1. The van der Waals surface area contributed by atoms with Crippen molar-refractivity contribution in [3.05, 3.63) is 81.7 Å². The molecule has 1 atom stereocenters. The van der Waals surface area contributed by atoms with Gasteiger partial charge in [-0.3, -0.25) is 14.2 Å². The topological polar surface area (TPSA) is 64.0 Å². The molecule has 152 valence electrons. The number of nitrogens with one attached hydrogen (secondary N) is 1. The average Bonchev–Trinajstić information content (AvgIpc) is 3.07. The van der Waals surface area contributed by atoms with Crippen molar-refractivity contribution in [2.75, 3.05) is 5.32 Å². The van der Waals surface area contributed by atoms with E-state index < -0.39 is 6.04 Å². The minimum absolute atomic E-state index is 0.186. The fourth-order valence-corrected chi connectivity index (χ4v) is 4.75. The quantitative estimate of drug-likeness (QED) is 0.477. The summed E-state index contributed by atoms with van der Waals surface area (Å²) in [6.45, 7) is 5.87. The molecule has 0 bridgehead atoms. The Morgan fingerprint density at radius 1 is 1.13 bits per heavy atom. The lowest BCUT2D eigenvalue weighted by molar-refractivity contribution is -0.119. The van der Waals surface area contributed by atoms with Crippen molar-refractivity contribution in [3.63, 3.8) is 0 Å². The number of hydrogen-bond acceptors (Lipinski definition) is 4. The molecule has 0 radical (unpaired) electrons. The van der Waals surface area contributed by atoms with Gasteiger partial charge < -0.3 is 5.32 Å². The number of anilines is 1. The summed E-state index contributed by atoms with van der Waals surface area (Å²) >= 11 is 1.50. The highest BCUT2D eigenvalue weighted by Crippen LogP contribution is 2.35. The summed E-state index contributed by atoms with van der Waals surface area (Å²) in [6, 6.07) is 16.8. The molecule has 4 aromatic rings. The molecule has 1 amide bonds. The number of thiophene rings is 1. The number of fused-ring (bicyclic) bond motifs is 1. The van der Waals surface area contributed by atoms with Crippen LogP contribution in [0, 0.1) is 13.8 Å². The van der Waals surface area contributed by atoms with Gasteiger partial charge in [-0.25, -0.2) is 4.98 Å². The van der Waals surface area contributed by atoms with Crippen LogP contribution in [0.4, 0.5) is 5.69 Å². The van der Waals surface area contributed by atoms with Crippen LogP contribution in [0.25, 0.3) is 21.3 Å². The highest BCUT2D eigenvalue weighted by atomic mass is 32.1. The summed E-state index contributed by atoms with van der Waals surface area (Å²) in [7, 11) is 0. The standard InChI is InChI=1S/C24H23N3O2S/c1-4-19(22(28)26-18-12-8-9-15(2)13-18)27-14-25-23-21(24(27)29)20(16(3)30-23)17-10-6-5-7-11-17/h5-14,19H,4H2,1-3H3,(H,26,28). The van der Waals surface area contributed by atoms with Gasteiger partial charge in [-0.2, -0.15) is 0 Å². The molecule has 2 heterocycles. The zero-order valence-corrected chi connectivity index (χ0v) is 18.0. The van der Waals surface area contributed by atoms with Crippen LogP contribution in [0.2, 0.25) is 0 Å². The van der Waals surface area contributed by atoms with Gasteiger partial charge in [0.25, 0.3) is 5.56 Å². The Labute approximate surface area is 179 Å². The van der Waals surface area contributed by atoms with E-state index in [4.69, 9.17) is 0 Å². The van der Waals surface area contributed by atoms with E-state index in [1.54, 1.807) is 0 Å². The van der Waals surface area contributed by atoms with Gasteiger partial charge in [0.05, 0.1) is 11.7 Å². The molecule has 30 heavy (non-hydrogen) atoms. The van der Waals surface area contributed by atoms with Crippen LogP contribution in [0.3, 0.4) is 0 Å². The van der Waals surface area contributed by atoms with Crippen molar-refractivity contribution in [1.29, 1.82) is 0 Å². The van der Waals surface area contributed by atoms with Gasteiger partial charge in [-0.05, 0) is 43.5 Å². The van der Waals surface area contributed by atoms with Gasteiger partial charge in [0.2, 0.25) is 5.91 Å². The minimum atomic E-state index is -0.640. The lowest BCUT2D eigenvalue weighted by Gasteiger charge is -2.18. The van der Waals surface area contributed by atoms with E-state index in [2.05, 4.69) is 10.3 Å². The Morgan fingerprint density at radius 3 is 2.60 bits per heavy atom. The normalized spacial score (nSPS) is 12.1. The molecule has 2 aromatic heterocycles. The molecule has 4 rings (SSSR count). The maximum absolute atomic E-state index is 13.5. The number of carbonyl (C=O) groups excluding carboxylic acids is 1.